The molecule has 2 aromatic heterocycles. The second-order valence-corrected chi connectivity index (χ2v) is 6.73. The number of hydrogen-bond acceptors (Lipinski definition) is 6. The van der Waals surface area contributed by atoms with Crippen molar-refractivity contribution in [3.8, 4) is 0 Å². The number of carbonyl (C=O) groups excluding carboxylic acids is 2. The number of nitrogens with one attached hydrogen (secondary N) is 1. The predicted molar refractivity (Wildman–Crippen MR) is 83.6 cm³/mol. The lowest BCUT2D eigenvalue weighted by Gasteiger charge is -2.17. The van der Waals surface area contributed by atoms with Gasteiger partial charge in [-0.05, 0) is 5.92 Å². The number of carboxylic acid groups (broad SMARTS) is 1. The smallest absolute Gasteiger partial charge is 0.326 e. The lowest BCUT2D eigenvalue weighted by molar-refractivity contribution is -0.142. The molecule has 2 rings (SSSR count). The highest BCUT2D eigenvalue weighted by Gasteiger charge is 2.23. The number of rotatable bonds is 7. The summed E-state index contributed by atoms with van der Waals surface area (Å²) in [7, 11) is 0. The Morgan fingerprint density at radius 1 is 1.55 bits per heavy atom. The minimum Gasteiger partial charge on any atom is -0.480 e. The number of nitrogens with zero attached hydrogens (tertiary/aromatic N) is 2. The summed E-state index contributed by atoms with van der Waals surface area (Å²) in [5.74, 6) is -1.68. The molecule has 1 unspecified atom stereocenters. The maximum Gasteiger partial charge on any atom is 0.326 e. The van der Waals surface area contributed by atoms with Gasteiger partial charge in [-0.1, -0.05) is 25.6 Å². The van der Waals surface area contributed by atoms with Gasteiger partial charge in [-0.25, -0.2) is 9.78 Å². The number of imidazole rings is 1. The first kappa shape index (κ1) is 16.5. The van der Waals surface area contributed by atoms with Crippen LogP contribution in [0.5, 0.6) is 0 Å². The molecular weight excluding hydrogens is 326 g/mol. The average Bonchev–Trinajstić information content (AvgIpc) is 3.01. The van der Waals surface area contributed by atoms with Crippen LogP contribution in [0, 0.1) is 5.92 Å². The molecule has 2 aromatic rings. The molecule has 0 aromatic carbocycles. The molecule has 0 aliphatic heterocycles. The molecule has 0 radical (unpaired) electrons. The number of aldehydes is 1. The van der Waals surface area contributed by atoms with E-state index in [1.54, 1.807) is 24.4 Å². The number of thioether (sulfide) groups is 1. The summed E-state index contributed by atoms with van der Waals surface area (Å²) in [6.45, 7) is 3.44. The van der Waals surface area contributed by atoms with Gasteiger partial charge < -0.3 is 10.4 Å². The van der Waals surface area contributed by atoms with Gasteiger partial charge in [-0.3, -0.25) is 14.0 Å². The third-order valence-corrected chi connectivity index (χ3v) is 4.70. The van der Waals surface area contributed by atoms with Crippen LogP contribution < -0.4 is 5.32 Å². The minimum atomic E-state index is -1.07. The quantitative estimate of drug-likeness (QED) is 0.585. The van der Waals surface area contributed by atoms with Gasteiger partial charge in [-0.15, -0.1) is 11.3 Å². The third-order valence-electron chi connectivity index (χ3n) is 2.97. The first-order chi connectivity index (χ1) is 10.4. The first-order valence-electron chi connectivity index (χ1n) is 6.49. The summed E-state index contributed by atoms with van der Waals surface area (Å²) in [6.07, 6.45) is 2.43. The van der Waals surface area contributed by atoms with Gasteiger partial charge >= 0.3 is 5.97 Å². The summed E-state index contributed by atoms with van der Waals surface area (Å²) in [5, 5.41) is 13.8. The molecule has 7 nitrogen and oxygen atoms in total. The molecule has 0 aliphatic rings. The number of amides is 1. The molecule has 2 N–H and O–H groups in total. The highest BCUT2D eigenvalue weighted by atomic mass is 32.2. The van der Waals surface area contributed by atoms with E-state index >= 15 is 0 Å². The van der Waals surface area contributed by atoms with E-state index in [4.69, 9.17) is 5.11 Å². The van der Waals surface area contributed by atoms with Gasteiger partial charge in [0.25, 0.3) is 0 Å². The number of thiazole rings is 1. The number of aliphatic carboxylic acids is 1. The van der Waals surface area contributed by atoms with E-state index in [0.29, 0.717) is 22.0 Å². The molecule has 0 saturated heterocycles. The molecular formula is C13H15N3O4S2. The van der Waals surface area contributed by atoms with Gasteiger partial charge in [-0.2, -0.15) is 0 Å². The molecule has 0 bridgehead atoms. The zero-order valence-corrected chi connectivity index (χ0v) is 13.6. The fraction of sp³-hybridized carbons (Fsp3) is 0.385. The third kappa shape index (κ3) is 3.47. The summed E-state index contributed by atoms with van der Waals surface area (Å²) < 4.78 is 1.66. The van der Waals surface area contributed by atoms with Crippen LogP contribution in [0.2, 0.25) is 0 Å². The summed E-state index contributed by atoms with van der Waals surface area (Å²) in [4.78, 5) is 39.0. The number of hydrogen-bond donors (Lipinski definition) is 2. The monoisotopic (exact) mass is 341 g/mol. The molecule has 0 fully saturated rings. The van der Waals surface area contributed by atoms with E-state index in [0.717, 1.165) is 11.8 Å². The molecule has 22 heavy (non-hydrogen) atoms. The van der Waals surface area contributed by atoms with Crippen LogP contribution >= 0.6 is 23.1 Å². The largest absolute Gasteiger partial charge is 0.480 e. The minimum absolute atomic E-state index is 0.00216. The van der Waals surface area contributed by atoms with E-state index < -0.39 is 17.9 Å². The maximum atomic E-state index is 11.9. The molecule has 1 amide bonds. The molecule has 0 saturated carbocycles. The maximum absolute atomic E-state index is 11.9. The van der Waals surface area contributed by atoms with E-state index in [1.165, 1.54) is 11.3 Å². The van der Waals surface area contributed by atoms with Crippen molar-refractivity contribution in [2.75, 3.05) is 5.75 Å². The lowest BCUT2D eigenvalue weighted by Crippen LogP contribution is -2.45. The molecule has 118 valence electrons. The molecule has 0 spiro atoms. The highest BCUT2D eigenvalue weighted by molar-refractivity contribution is 8.00. The SMILES string of the molecule is CC(C)C(NC(=O)CSc1nc2sccn2c1C=O)C(=O)O. The highest BCUT2D eigenvalue weighted by Crippen LogP contribution is 2.24. The van der Waals surface area contributed by atoms with Crippen LogP contribution in [0.3, 0.4) is 0 Å². The normalized spacial score (nSPS) is 12.5. The van der Waals surface area contributed by atoms with Crippen molar-refractivity contribution >= 4 is 46.2 Å². The van der Waals surface area contributed by atoms with E-state index in [9.17, 15) is 14.4 Å². The van der Waals surface area contributed by atoms with Crippen LogP contribution in [0.4, 0.5) is 0 Å². The second kappa shape index (κ2) is 6.93. The molecule has 0 aliphatic carbocycles. The summed E-state index contributed by atoms with van der Waals surface area (Å²) in [5.41, 5.74) is 0.396. The van der Waals surface area contributed by atoms with Gasteiger partial charge in [0.15, 0.2) is 11.2 Å². The van der Waals surface area contributed by atoms with E-state index in [2.05, 4.69) is 10.3 Å². The number of carbonyl (C=O) groups is 3. The Bertz CT molecular complexity index is 707. The van der Waals surface area contributed by atoms with Crippen molar-refractivity contribution in [2.24, 2.45) is 5.92 Å². The van der Waals surface area contributed by atoms with Crippen molar-refractivity contribution in [3.63, 3.8) is 0 Å². The Kier molecular flexibility index (Phi) is 5.19. The molecule has 2 heterocycles. The first-order valence-corrected chi connectivity index (χ1v) is 8.36. The standard InChI is InChI=1S/C13H15N3O4S2/c1-7(2)10(12(19)20)14-9(18)6-22-11-8(5-17)16-3-4-21-13(16)15-11/h3-5,7,10H,6H2,1-2H3,(H,14,18)(H,19,20). The second-order valence-electron chi connectivity index (χ2n) is 4.89. The Morgan fingerprint density at radius 2 is 2.27 bits per heavy atom. The van der Waals surface area contributed by atoms with Gasteiger partial charge in [0.05, 0.1) is 5.75 Å². The Labute approximate surface area is 134 Å². The molecule has 9 heteroatoms. The zero-order chi connectivity index (χ0) is 16.3. The zero-order valence-electron chi connectivity index (χ0n) is 12.0. The fourth-order valence-electron chi connectivity index (χ4n) is 1.86. The van der Waals surface area contributed by atoms with Crippen LogP contribution in [0.15, 0.2) is 16.6 Å². The molecule has 1 atom stereocenters. The Morgan fingerprint density at radius 3 is 2.86 bits per heavy atom. The van der Waals surface area contributed by atoms with E-state index in [-0.39, 0.29) is 11.7 Å². The van der Waals surface area contributed by atoms with Crippen molar-refractivity contribution < 1.29 is 19.5 Å². The van der Waals surface area contributed by atoms with Crippen molar-refractivity contribution in [3.05, 3.63) is 17.3 Å². The van der Waals surface area contributed by atoms with Crippen molar-refractivity contribution in [1.82, 2.24) is 14.7 Å². The van der Waals surface area contributed by atoms with Crippen molar-refractivity contribution in [2.45, 2.75) is 24.9 Å². The van der Waals surface area contributed by atoms with Gasteiger partial charge in [0.2, 0.25) is 5.91 Å². The van der Waals surface area contributed by atoms with Crippen LogP contribution in [0.25, 0.3) is 4.96 Å². The predicted octanol–water partition coefficient (Wildman–Crippen LogP) is 1.53. The van der Waals surface area contributed by atoms with Gasteiger partial charge in [0.1, 0.15) is 16.8 Å². The fourth-order valence-corrected chi connectivity index (χ4v) is 3.43. The summed E-state index contributed by atoms with van der Waals surface area (Å²) in [6, 6.07) is -0.927. The van der Waals surface area contributed by atoms with Crippen LogP contribution in [0.1, 0.15) is 24.3 Å². The Balaban J connectivity index is 2.02. The lowest BCUT2D eigenvalue weighted by atomic mass is 10.1. The number of fused-ring (bicyclic) bond motifs is 1. The number of aromatic nitrogens is 2. The Hall–Kier alpha value is -1.87. The van der Waals surface area contributed by atoms with Crippen molar-refractivity contribution in [1.29, 1.82) is 0 Å². The average molecular weight is 341 g/mol. The van der Waals surface area contributed by atoms with Crippen LogP contribution in [-0.4, -0.2) is 44.4 Å². The van der Waals surface area contributed by atoms with Gasteiger partial charge in [0, 0.05) is 11.6 Å². The summed E-state index contributed by atoms with van der Waals surface area (Å²) >= 11 is 2.51. The topological polar surface area (TPSA) is 101 Å². The van der Waals surface area contributed by atoms with Crippen LogP contribution in [-0.2, 0) is 9.59 Å². The van der Waals surface area contributed by atoms with E-state index in [1.807, 2.05) is 5.38 Å². The number of carboxylic acids is 1.